The Morgan fingerprint density at radius 2 is 1.48 bits per heavy atom. The van der Waals surface area contributed by atoms with E-state index in [-0.39, 0.29) is 11.5 Å². The van der Waals surface area contributed by atoms with Crippen molar-refractivity contribution in [2.75, 3.05) is 25.2 Å². The van der Waals surface area contributed by atoms with E-state index < -0.39 is 0 Å². The van der Waals surface area contributed by atoms with Crippen molar-refractivity contribution >= 4 is 29.0 Å². The summed E-state index contributed by atoms with van der Waals surface area (Å²) in [6.07, 6.45) is 2.30. The van der Waals surface area contributed by atoms with E-state index in [2.05, 4.69) is 34.5 Å². The number of anilines is 3. The minimum Gasteiger partial charge on any atom is -0.385 e. The van der Waals surface area contributed by atoms with Gasteiger partial charge in [-0.25, -0.2) is 0 Å². The molecule has 0 aliphatic rings. The summed E-state index contributed by atoms with van der Waals surface area (Å²) in [5, 5.41) is 12.1. The number of methoxy groups -OCH3 is 1. The molecule has 0 fully saturated rings. The summed E-state index contributed by atoms with van der Waals surface area (Å²) in [4.78, 5) is 14.4. The first kappa shape index (κ1) is 21.8. The van der Waals surface area contributed by atoms with E-state index >= 15 is 0 Å². The van der Waals surface area contributed by atoms with Gasteiger partial charge in [0.1, 0.15) is 11.6 Å². The maximum Gasteiger partial charge on any atom is 0.261 e. The fourth-order valence-corrected chi connectivity index (χ4v) is 3.15. The molecular weight excluding hydrogens is 386 g/mol. The summed E-state index contributed by atoms with van der Waals surface area (Å²) in [7, 11) is 1.61. The van der Waals surface area contributed by atoms with Gasteiger partial charge in [-0.3, -0.25) is 4.79 Å². The van der Waals surface area contributed by atoms with Crippen LogP contribution in [-0.4, -0.2) is 26.2 Å². The zero-order valence-corrected chi connectivity index (χ0v) is 17.5. The first-order chi connectivity index (χ1) is 15.2. The molecule has 156 valence electrons. The van der Waals surface area contributed by atoms with Crippen molar-refractivity contribution in [3.8, 4) is 6.07 Å². The van der Waals surface area contributed by atoms with Gasteiger partial charge in [0.2, 0.25) is 0 Å². The topological polar surface area (TPSA) is 65.4 Å². The fraction of sp³-hybridized carbons (Fsp3) is 0.154. The predicted molar refractivity (Wildman–Crippen MR) is 124 cm³/mol. The molecule has 1 amide bonds. The van der Waals surface area contributed by atoms with Crippen LogP contribution in [0, 0.1) is 11.3 Å². The van der Waals surface area contributed by atoms with Crippen LogP contribution in [0.4, 0.5) is 17.1 Å². The molecule has 0 saturated carbocycles. The largest absolute Gasteiger partial charge is 0.385 e. The van der Waals surface area contributed by atoms with Crippen molar-refractivity contribution < 1.29 is 9.53 Å². The van der Waals surface area contributed by atoms with E-state index in [1.54, 1.807) is 13.2 Å². The highest BCUT2D eigenvalue weighted by Crippen LogP contribution is 2.34. The van der Waals surface area contributed by atoms with E-state index in [4.69, 9.17) is 4.74 Å². The van der Waals surface area contributed by atoms with Gasteiger partial charge >= 0.3 is 0 Å². The minimum absolute atomic E-state index is 0.0770. The molecule has 0 saturated heterocycles. The van der Waals surface area contributed by atoms with Crippen LogP contribution in [0.1, 0.15) is 12.0 Å². The van der Waals surface area contributed by atoms with Gasteiger partial charge < -0.3 is 15.0 Å². The second-order valence-electron chi connectivity index (χ2n) is 6.87. The second kappa shape index (κ2) is 11.3. The highest BCUT2D eigenvalue weighted by molar-refractivity contribution is 6.01. The standard InChI is InChI=1S/C26H25N3O2/c1-31-18-8-17-28-26(30)22(20-27)19-21-13-15-25(16-14-21)29(23-9-4-2-5-10-23)24-11-6-3-7-12-24/h2-7,9-16,19H,8,17-18H2,1H3,(H,28,30)/b22-19+. The van der Waals surface area contributed by atoms with Gasteiger partial charge in [0, 0.05) is 37.3 Å². The Morgan fingerprint density at radius 1 is 0.935 bits per heavy atom. The summed E-state index contributed by atoms with van der Waals surface area (Å²) in [6.45, 7) is 1.03. The molecule has 0 aromatic heterocycles. The normalized spacial score (nSPS) is 10.9. The Hall–Kier alpha value is -3.88. The number of nitriles is 1. The molecule has 3 aromatic rings. The Balaban J connectivity index is 1.82. The smallest absolute Gasteiger partial charge is 0.261 e. The number of amides is 1. The van der Waals surface area contributed by atoms with Gasteiger partial charge in [-0.2, -0.15) is 5.26 Å². The molecular formula is C26H25N3O2. The summed E-state index contributed by atoms with van der Waals surface area (Å²) in [5.41, 5.74) is 3.94. The number of hydrogen-bond acceptors (Lipinski definition) is 4. The van der Waals surface area contributed by atoms with Gasteiger partial charge in [-0.15, -0.1) is 0 Å². The number of carbonyl (C=O) groups is 1. The van der Waals surface area contributed by atoms with E-state index in [0.29, 0.717) is 19.6 Å². The summed E-state index contributed by atoms with van der Waals surface area (Å²) in [6, 6.07) is 30.0. The molecule has 0 aliphatic heterocycles. The van der Waals surface area contributed by atoms with Crippen molar-refractivity contribution in [3.05, 3.63) is 96.1 Å². The third-order valence-corrected chi connectivity index (χ3v) is 4.67. The lowest BCUT2D eigenvalue weighted by atomic mass is 10.1. The summed E-state index contributed by atoms with van der Waals surface area (Å²) >= 11 is 0. The van der Waals surface area contributed by atoms with E-state index in [0.717, 1.165) is 22.6 Å². The van der Waals surface area contributed by atoms with Crippen LogP contribution >= 0.6 is 0 Å². The number of carbonyl (C=O) groups excluding carboxylic acids is 1. The second-order valence-corrected chi connectivity index (χ2v) is 6.87. The SMILES string of the molecule is COCCCNC(=O)/C(C#N)=C/c1ccc(N(c2ccccc2)c2ccccc2)cc1. The maximum atomic E-state index is 12.2. The predicted octanol–water partition coefficient (Wildman–Crippen LogP) is 5.22. The first-order valence-electron chi connectivity index (χ1n) is 10.1. The number of benzene rings is 3. The van der Waals surface area contributed by atoms with Crippen molar-refractivity contribution in [1.82, 2.24) is 5.32 Å². The van der Waals surface area contributed by atoms with Gasteiger partial charge in [0.25, 0.3) is 5.91 Å². The van der Waals surface area contributed by atoms with Crippen LogP contribution in [0.3, 0.4) is 0 Å². The Kier molecular flexibility index (Phi) is 7.98. The number of rotatable bonds is 9. The van der Waals surface area contributed by atoms with Gasteiger partial charge in [0.15, 0.2) is 0 Å². The van der Waals surface area contributed by atoms with Crippen LogP contribution < -0.4 is 10.2 Å². The Labute approximate surface area is 183 Å². The molecule has 3 aromatic carbocycles. The summed E-state index contributed by atoms with van der Waals surface area (Å²) in [5.74, 6) is -0.377. The number of nitrogens with zero attached hydrogens (tertiary/aromatic N) is 2. The third-order valence-electron chi connectivity index (χ3n) is 4.67. The van der Waals surface area contributed by atoms with Gasteiger partial charge in [-0.1, -0.05) is 48.5 Å². The molecule has 3 rings (SSSR count). The lowest BCUT2D eigenvalue weighted by molar-refractivity contribution is -0.117. The number of para-hydroxylation sites is 2. The van der Waals surface area contributed by atoms with Crippen LogP contribution in [0.2, 0.25) is 0 Å². The molecule has 1 N–H and O–H groups in total. The average Bonchev–Trinajstić information content (AvgIpc) is 2.82. The first-order valence-corrected chi connectivity index (χ1v) is 10.1. The monoisotopic (exact) mass is 411 g/mol. The van der Waals surface area contributed by atoms with Crippen molar-refractivity contribution in [2.45, 2.75) is 6.42 Å². The molecule has 0 radical (unpaired) electrons. The Morgan fingerprint density at radius 3 is 2.00 bits per heavy atom. The zero-order chi connectivity index (χ0) is 21.9. The van der Waals surface area contributed by atoms with E-state index in [1.807, 2.05) is 66.7 Å². The van der Waals surface area contributed by atoms with Crippen LogP contribution in [-0.2, 0) is 9.53 Å². The quantitative estimate of drug-likeness (QED) is 0.298. The fourth-order valence-electron chi connectivity index (χ4n) is 3.15. The minimum atomic E-state index is -0.377. The Bertz CT molecular complexity index is 1000. The molecule has 5 heteroatoms. The maximum absolute atomic E-state index is 12.2. The molecule has 5 nitrogen and oxygen atoms in total. The molecule has 0 atom stereocenters. The molecule has 0 heterocycles. The van der Waals surface area contributed by atoms with Crippen molar-refractivity contribution in [2.24, 2.45) is 0 Å². The van der Waals surface area contributed by atoms with Gasteiger partial charge in [-0.05, 0) is 54.5 Å². The van der Waals surface area contributed by atoms with E-state index in [1.165, 1.54) is 0 Å². The molecule has 31 heavy (non-hydrogen) atoms. The molecule has 0 spiro atoms. The van der Waals surface area contributed by atoms with Crippen LogP contribution in [0.5, 0.6) is 0 Å². The summed E-state index contributed by atoms with van der Waals surface area (Å²) < 4.78 is 4.97. The third kappa shape index (κ3) is 6.05. The van der Waals surface area contributed by atoms with Crippen molar-refractivity contribution in [3.63, 3.8) is 0 Å². The van der Waals surface area contributed by atoms with Gasteiger partial charge in [0.05, 0.1) is 0 Å². The lowest BCUT2D eigenvalue weighted by Gasteiger charge is -2.25. The number of hydrogen-bond donors (Lipinski definition) is 1. The highest BCUT2D eigenvalue weighted by Gasteiger charge is 2.12. The zero-order valence-electron chi connectivity index (χ0n) is 17.5. The molecule has 0 unspecified atom stereocenters. The average molecular weight is 412 g/mol. The molecule has 0 bridgehead atoms. The number of ether oxygens (including phenoxy) is 1. The van der Waals surface area contributed by atoms with Crippen LogP contribution in [0.15, 0.2) is 90.5 Å². The number of nitrogens with one attached hydrogen (secondary N) is 1. The van der Waals surface area contributed by atoms with Crippen molar-refractivity contribution in [1.29, 1.82) is 5.26 Å². The van der Waals surface area contributed by atoms with Crippen LogP contribution in [0.25, 0.3) is 6.08 Å². The molecule has 0 aliphatic carbocycles. The van der Waals surface area contributed by atoms with E-state index in [9.17, 15) is 10.1 Å². The highest BCUT2D eigenvalue weighted by atomic mass is 16.5. The lowest BCUT2D eigenvalue weighted by Crippen LogP contribution is -2.26.